The molecule has 0 spiro atoms. The molecule has 1 aliphatic heterocycles. The van der Waals surface area contributed by atoms with Gasteiger partial charge in [-0.3, -0.25) is 9.59 Å². The predicted molar refractivity (Wildman–Crippen MR) is 91.9 cm³/mol. The van der Waals surface area contributed by atoms with Crippen molar-refractivity contribution in [2.24, 2.45) is 5.41 Å². The molecule has 0 aromatic heterocycles. The van der Waals surface area contributed by atoms with E-state index in [2.05, 4.69) is 0 Å². The monoisotopic (exact) mass is 347 g/mol. The summed E-state index contributed by atoms with van der Waals surface area (Å²) in [6, 6.07) is 14.1. The van der Waals surface area contributed by atoms with Gasteiger partial charge in [0.05, 0.1) is 17.0 Å². The van der Waals surface area contributed by atoms with E-state index in [0.717, 1.165) is 5.56 Å². The van der Waals surface area contributed by atoms with Gasteiger partial charge in [-0.15, -0.1) is 0 Å². The first-order chi connectivity index (χ1) is 10.8. The van der Waals surface area contributed by atoms with Gasteiger partial charge in [0.2, 0.25) is 11.8 Å². The van der Waals surface area contributed by atoms with Crippen molar-refractivity contribution in [3.8, 4) is 0 Å². The molecule has 0 saturated carbocycles. The Kier molecular flexibility index (Phi) is 3.95. The van der Waals surface area contributed by atoms with Crippen molar-refractivity contribution in [2.45, 2.75) is 19.8 Å². The minimum absolute atomic E-state index is 0.255. The Balaban J connectivity index is 2.11. The molecular weight excluding hydrogens is 333 g/mol. The Hall–Kier alpha value is -1.84. The van der Waals surface area contributed by atoms with Crippen LogP contribution < -0.4 is 4.90 Å². The summed E-state index contributed by atoms with van der Waals surface area (Å²) in [7, 11) is 0. The van der Waals surface area contributed by atoms with Crippen LogP contribution in [0, 0.1) is 5.41 Å². The summed E-state index contributed by atoms with van der Waals surface area (Å²) < 4.78 is 0. The molecular formula is C18H15Cl2NO2. The number of hydrogen-bond donors (Lipinski definition) is 0. The minimum Gasteiger partial charge on any atom is -0.273 e. The number of benzene rings is 2. The van der Waals surface area contributed by atoms with E-state index in [4.69, 9.17) is 23.2 Å². The molecule has 1 fully saturated rings. The number of halogens is 2. The molecule has 0 aliphatic carbocycles. The van der Waals surface area contributed by atoms with Gasteiger partial charge in [0.15, 0.2) is 0 Å². The Morgan fingerprint density at radius 2 is 1.52 bits per heavy atom. The zero-order valence-electron chi connectivity index (χ0n) is 12.7. The first kappa shape index (κ1) is 16.0. The lowest BCUT2D eigenvalue weighted by molar-refractivity contribution is -0.124. The fourth-order valence-corrected chi connectivity index (χ4v) is 3.58. The van der Waals surface area contributed by atoms with E-state index < -0.39 is 11.3 Å². The molecule has 0 unspecified atom stereocenters. The second-order valence-electron chi connectivity index (χ2n) is 6.17. The molecule has 118 valence electrons. The van der Waals surface area contributed by atoms with Gasteiger partial charge in [-0.2, -0.15) is 0 Å². The zero-order chi connectivity index (χ0) is 16.8. The fraction of sp³-hybridized carbons (Fsp3) is 0.222. The van der Waals surface area contributed by atoms with Crippen molar-refractivity contribution >= 4 is 40.7 Å². The number of carbonyl (C=O) groups is 2. The van der Waals surface area contributed by atoms with Crippen molar-refractivity contribution in [2.75, 3.05) is 4.90 Å². The van der Waals surface area contributed by atoms with Crippen LogP contribution in [-0.4, -0.2) is 11.8 Å². The quantitative estimate of drug-likeness (QED) is 0.739. The highest BCUT2D eigenvalue weighted by Crippen LogP contribution is 2.46. The Morgan fingerprint density at radius 3 is 2.09 bits per heavy atom. The molecule has 2 aromatic rings. The van der Waals surface area contributed by atoms with Crippen molar-refractivity contribution in [3.05, 3.63) is 64.1 Å². The van der Waals surface area contributed by atoms with E-state index in [1.54, 1.807) is 32.0 Å². The number of imide groups is 1. The lowest BCUT2D eigenvalue weighted by Gasteiger charge is -2.22. The molecule has 5 heteroatoms. The zero-order valence-corrected chi connectivity index (χ0v) is 14.2. The molecule has 1 aliphatic rings. The maximum atomic E-state index is 13.0. The predicted octanol–water partition coefficient (Wildman–Crippen LogP) is 4.68. The lowest BCUT2D eigenvalue weighted by Crippen LogP contribution is -2.32. The standard InChI is InChI=1S/C18H15Cl2NO2/c1-18(2)15(11-6-4-3-5-7-11)16(22)21(17(18)23)14-9-12(19)8-13(20)10-14/h3-10,15H,1-2H3/t15-/m0/s1. The normalized spacial score (nSPS) is 20.2. The maximum absolute atomic E-state index is 13.0. The van der Waals surface area contributed by atoms with E-state index in [9.17, 15) is 9.59 Å². The van der Waals surface area contributed by atoms with Gasteiger partial charge in [-0.25, -0.2) is 4.90 Å². The number of hydrogen-bond acceptors (Lipinski definition) is 2. The summed E-state index contributed by atoms with van der Waals surface area (Å²) >= 11 is 12.0. The Labute approximate surface area is 144 Å². The number of anilines is 1. The summed E-state index contributed by atoms with van der Waals surface area (Å²) in [5, 5.41) is 0.767. The van der Waals surface area contributed by atoms with E-state index in [1.807, 2.05) is 30.3 Å². The molecule has 2 aromatic carbocycles. The van der Waals surface area contributed by atoms with Gasteiger partial charge < -0.3 is 0 Å². The molecule has 2 amide bonds. The van der Waals surface area contributed by atoms with Crippen LogP contribution in [0.25, 0.3) is 0 Å². The van der Waals surface area contributed by atoms with Gasteiger partial charge in [-0.1, -0.05) is 53.5 Å². The van der Waals surface area contributed by atoms with Crippen molar-refractivity contribution in [1.29, 1.82) is 0 Å². The Morgan fingerprint density at radius 1 is 0.957 bits per heavy atom. The van der Waals surface area contributed by atoms with E-state index in [-0.39, 0.29) is 11.8 Å². The molecule has 23 heavy (non-hydrogen) atoms. The van der Waals surface area contributed by atoms with E-state index in [1.165, 1.54) is 4.90 Å². The summed E-state index contributed by atoms with van der Waals surface area (Å²) in [5.74, 6) is -1.05. The van der Waals surface area contributed by atoms with Crippen LogP contribution in [0.5, 0.6) is 0 Å². The highest BCUT2D eigenvalue weighted by molar-refractivity contribution is 6.36. The first-order valence-electron chi connectivity index (χ1n) is 7.22. The smallest absolute Gasteiger partial charge is 0.242 e. The van der Waals surface area contributed by atoms with Crippen LogP contribution in [0.4, 0.5) is 5.69 Å². The highest BCUT2D eigenvalue weighted by Gasteiger charge is 2.54. The first-order valence-corrected chi connectivity index (χ1v) is 7.97. The van der Waals surface area contributed by atoms with E-state index in [0.29, 0.717) is 15.7 Å². The summed E-state index contributed by atoms with van der Waals surface area (Å²) in [6.07, 6.45) is 0. The third-order valence-electron chi connectivity index (χ3n) is 4.18. The summed E-state index contributed by atoms with van der Waals surface area (Å²) in [6.45, 7) is 3.58. The average Bonchev–Trinajstić information content (AvgIpc) is 2.64. The third-order valence-corrected chi connectivity index (χ3v) is 4.62. The van der Waals surface area contributed by atoms with Crippen molar-refractivity contribution in [3.63, 3.8) is 0 Å². The third kappa shape index (κ3) is 2.64. The van der Waals surface area contributed by atoms with Gasteiger partial charge >= 0.3 is 0 Å². The highest BCUT2D eigenvalue weighted by atomic mass is 35.5. The molecule has 3 nitrogen and oxygen atoms in total. The summed E-state index contributed by atoms with van der Waals surface area (Å²) in [5.41, 5.74) is 0.392. The van der Waals surface area contributed by atoms with Gasteiger partial charge in [0, 0.05) is 10.0 Å². The minimum atomic E-state index is -0.840. The van der Waals surface area contributed by atoms with Crippen LogP contribution in [0.1, 0.15) is 25.3 Å². The fourth-order valence-electron chi connectivity index (χ4n) is 3.07. The number of carbonyl (C=O) groups excluding carboxylic acids is 2. The topological polar surface area (TPSA) is 37.4 Å². The van der Waals surface area contributed by atoms with Crippen molar-refractivity contribution in [1.82, 2.24) is 0 Å². The largest absolute Gasteiger partial charge is 0.273 e. The molecule has 0 bridgehead atoms. The second kappa shape index (κ2) is 5.66. The van der Waals surface area contributed by atoms with Crippen molar-refractivity contribution < 1.29 is 9.59 Å². The van der Waals surface area contributed by atoms with Crippen LogP contribution in [0.3, 0.4) is 0 Å². The van der Waals surface area contributed by atoms with E-state index >= 15 is 0 Å². The average molecular weight is 348 g/mol. The SMILES string of the molecule is CC1(C)C(=O)N(c2cc(Cl)cc(Cl)c2)C(=O)[C@@H]1c1ccccc1. The molecule has 1 heterocycles. The van der Waals surface area contributed by atoms with Crippen LogP contribution in [0.15, 0.2) is 48.5 Å². The molecule has 0 N–H and O–H groups in total. The number of rotatable bonds is 2. The van der Waals surface area contributed by atoms with Gasteiger partial charge in [0.25, 0.3) is 0 Å². The lowest BCUT2D eigenvalue weighted by atomic mass is 9.77. The maximum Gasteiger partial charge on any atom is 0.242 e. The molecule has 0 radical (unpaired) electrons. The Bertz CT molecular complexity index is 767. The van der Waals surface area contributed by atoms with Gasteiger partial charge in [0.1, 0.15) is 0 Å². The molecule has 1 saturated heterocycles. The number of nitrogens with zero attached hydrogens (tertiary/aromatic N) is 1. The molecule has 3 rings (SSSR count). The van der Waals surface area contributed by atoms with Crippen LogP contribution >= 0.6 is 23.2 Å². The van der Waals surface area contributed by atoms with Gasteiger partial charge in [-0.05, 0) is 37.6 Å². The summed E-state index contributed by atoms with van der Waals surface area (Å²) in [4.78, 5) is 27.0. The van der Waals surface area contributed by atoms with Crippen LogP contribution in [-0.2, 0) is 9.59 Å². The van der Waals surface area contributed by atoms with Crippen LogP contribution in [0.2, 0.25) is 10.0 Å². The second-order valence-corrected chi connectivity index (χ2v) is 7.04. The number of amides is 2. The molecule has 1 atom stereocenters.